The topological polar surface area (TPSA) is 0 Å². The Balaban J connectivity index is 3.31. The van der Waals surface area contributed by atoms with Crippen molar-refractivity contribution in [3.05, 3.63) is 0 Å². The van der Waals surface area contributed by atoms with Crippen LogP contribution >= 0.6 is 25.3 Å². The fourth-order valence-electron chi connectivity index (χ4n) is 1.55. The molecule has 0 bridgehead atoms. The highest BCUT2D eigenvalue weighted by molar-refractivity contribution is 7.81. The van der Waals surface area contributed by atoms with Gasteiger partial charge in [0.25, 0.3) is 0 Å². The number of hydrogen-bond acceptors (Lipinski definition) is 2. The zero-order chi connectivity index (χ0) is 10.8. The fourth-order valence-corrected chi connectivity index (χ4v) is 2.22. The van der Waals surface area contributed by atoms with E-state index < -0.39 is 0 Å². The Bertz CT molecular complexity index is 101. The summed E-state index contributed by atoms with van der Waals surface area (Å²) < 4.78 is 0. The van der Waals surface area contributed by atoms with E-state index in [1.165, 1.54) is 51.4 Å². The van der Waals surface area contributed by atoms with E-state index in [0.29, 0.717) is 10.5 Å². The molecule has 0 aliphatic carbocycles. The fraction of sp³-hybridized carbons (Fsp3) is 1.00. The number of rotatable bonds is 9. The molecule has 2 unspecified atom stereocenters. The Hall–Kier alpha value is 0.700. The monoisotopic (exact) mass is 234 g/mol. The summed E-state index contributed by atoms with van der Waals surface area (Å²) in [6.45, 7) is 4.48. The molecule has 0 aromatic carbocycles. The number of unbranched alkanes of at least 4 members (excludes halogenated alkanes) is 2. The largest absolute Gasteiger partial charge is 0.176 e. The van der Waals surface area contributed by atoms with Crippen LogP contribution in [-0.4, -0.2) is 10.5 Å². The molecule has 0 spiro atoms. The molecular weight excluding hydrogens is 208 g/mol. The molecule has 0 rings (SSSR count). The average molecular weight is 234 g/mol. The summed E-state index contributed by atoms with van der Waals surface area (Å²) in [7, 11) is 0. The van der Waals surface area contributed by atoms with Crippen LogP contribution in [-0.2, 0) is 0 Å². The summed E-state index contributed by atoms with van der Waals surface area (Å²) in [6, 6.07) is 0. The summed E-state index contributed by atoms with van der Waals surface area (Å²) in [6.07, 6.45) is 10.2. The van der Waals surface area contributed by atoms with Gasteiger partial charge in [-0.25, -0.2) is 0 Å². The van der Waals surface area contributed by atoms with Crippen LogP contribution < -0.4 is 0 Å². The van der Waals surface area contributed by atoms with Crippen molar-refractivity contribution >= 4 is 25.3 Å². The van der Waals surface area contributed by atoms with Crippen LogP contribution in [0.5, 0.6) is 0 Å². The number of hydrogen-bond donors (Lipinski definition) is 2. The molecule has 0 N–H and O–H groups in total. The SMILES string of the molecule is CCCCC(S)CCC(S)CCCC. The van der Waals surface area contributed by atoms with E-state index >= 15 is 0 Å². The lowest BCUT2D eigenvalue weighted by molar-refractivity contribution is 0.584. The van der Waals surface area contributed by atoms with Crippen molar-refractivity contribution in [2.45, 2.75) is 75.7 Å². The smallest absolute Gasteiger partial charge is 0.00172 e. The lowest BCUT2D eigenvalue weighted by atomic mass is 10.1. The molecule has 0 radical (unpaired) electrons. The van der Waals surface area contributed by atoms with Gasteiger partial charge < -0.3 is 0 Å². The molecule has 0 aromatic rings. The predicted octanol–water partition coefficient (Wildman–Crippen LogP) is 4.74. The van der Waals surface area contributed by atoms with E-state index in [2.05, 4.69) is 39.1 Å². The molecule has 0 aliphatic rings. The zero-order valence-corrected chi connectivity index (χ0v) is 11.5. The van der Waals surface area contributed by atoms with E-state index in [0.717, 1.165) is 0 Å². The Morgan fingerprint density at radius 3 is 1.36 bits per heavy atom. The van der Waals surface area contributed by atoms with E-state index in [-0.39, 0.29) is 0 Å². The van der Waals surface area contributed by atoms with Gasteiger partial charge in [-0.15, -0.1) is 0 Å². The molecule has 0 saturated heterocycles. The Kier molecular flexibility index (Phi) is 10.7. The van der Waals surface area contributed by atoms with E-state index in [9.17, 15) is 0 Å². The van der Waals surface area contributed by atoms with Crippen LogP contribution in [0.4, 0.5) is 0 Å². The van der Waals surface area contributed by atoms with E-state index in [1.54, 1.807) is 0 Å². The van der Waals surface area contributed by atoms with Gasteiger partial charge in [0.2, 0.25) is 0 Å². The quantitative estimate of drug-likeness (QED) is 0.529. The lowest BCUT2D eigenvalue weighted by Crippen LogP contribution is -2.05. The highest BCUT2D eigenvalue weighted by Crippen LogP contribution is 2.19. The molecule has 0 fully saturated rings. The standard InChI is InChI=1S/C12H26S2/c1-3-5-7-11(13)9-10-12(14)8-6-4-2/h11-14H,3-10H2,1-2H3. The van der Waals surface area contributed by atoms with Crippen molar-refractivity contribution in [3.63, 3.8) is 0 Å². The van der Waals surface area contributed by atoms with Gasteiger partial charge in [0.05, 0.1) is 0 Å². The highest BCUT2D eigenvalue weighted by Gasteiger charge is 2.07. The molecule has 0 amide bonds. The molecule has 0 aromatic heterocycles. The third-order valence-electron chi connectivity index (χ3n) is 2.61. The average Bonchev–Trinajstić information content (AvgIpc) is 2.20. The second kappa shape index (κ2) is 10.2. The van der Waals surface area contributed by atoms with Crippen LogP contribution in [0.15, 0.2) is 0 Å². The van der Waals surface area contributed by atoms with Gasteiger partial charge in [0.1, 0.15) is 0 Å². The van der Waals surface area contributed by atoms with Crippen molar-refractivity contribution in [1.29, 1.82) is 0 Å². The van der Waals surface area contributed by atoms with Crippen molar-refractivity contribution in [2.24, 2.45) is 0 Å². The molecule has 0 nitrogen and oxygen atoms in total. The van der Waals surface area contributed by atoms with Crippen molar-refractivity contribution in [1.82, 2.24) is 0 Å². The summed E-state index contributed by atoms with van der Waals surface area (Å²) in [4.78, 5) is 0. The first-order chi connectivity index (χ1) is 6.70. The minimum absolute atomic E-state index is 0.603. The van der Waals surface area contributed by atoms with Crippen molar-refractivity contribution < 1.29 is 0 Å². The Morgan fingerprint density at radius 1 is 0.714 bits per heavy atom. The molecule has 86 valence electrons. The van der Waals surface area contributed by atoms with Gasteiger partial charge >= 0.3 is 0 Å². The maximum atomic E-state index is 4.60. The maximum absolute atomic E-state index is 4.60. The van der Waals surface area contributed by atoms with Crippen LogP contribution in [0.3, 0.4) is 0 Å². The molecule has 2 atom stereocenters. The second-order valence-electron chi connectivity index (χ2n) is 4.17. The summed E-state index contributed by atoms with van der Waals surface area (Å²) in [5.74, 6) is 0. The maximum Gasteiger partial charge on any atom is 0.00172 e. The van der Waals surface area contributed by atoms with E-state index in [4.69, 9.17) is 0 Å². The molecule has 0 saturated carbocycles. The number of thiol groups is 2. The molecule has 0 aliphatic heterocycles. The first kappa shape index (κ1) is 14.7. The zero-order valence-electron chi connectivity index (χ0n) is 9.71. The minimum Gasteiger partial charge on any atom is -0.176 e. The summed E-state index contributed by atoms with van der Waals surface area (Å²) in [5, 5.41) is 1.21. The third kappa shape index (κ3) is 9.26. The Morgan fingerprint density at radius 2 is 1.07 bits per heavy atom. The molecule has 2 heteroatoms. The van der Waals surface area contributed by atoms with Crippen molar-refractivity contribution in [3.8, 4) is 0 Å². The molecular formula is C12H26S2. The van der Waals surface area contributed by atoms with Crippen LogP contribution in [0.1, 0.15) is 65.2 Å². The van der Waals surface area contributed by atoms with Gasteiger partial charge in [-0.2, -0.15) is 25.3 Å². The second-order valence-corrected chi connectivity index (χ2v) is 5.63. The van der Waals surface area contributed by atoms with Crippen LogP contribution in [0, 0.1) is 0 Å². The van der Waals surface area contributed by atoms with Gasteiger partial charge in [-0.05, 0) is 25.7 Å². The van der Waals surface area contributed by atoms with Gasteiger partial charge in [0, 0.05) is 10.5 Å². The van der Waals surface area contributed by atoms with E-state index in [1.807, 2.05) is 0 Å². The van der Waals surface area contributed by atoms with Crippen molar-refractivity contribution in [2.75, 3.05) is 0 Å². The third-order valence-corrected chi connectivity index (χ3v) is 3.65. The Labute approximate surface area is 101 Å². The lowest BCUT2D eigenvalue weighted by Gasteiger charge is -2.13. The molecule has 14 heavy (non-hydrogen) atoms. The first-order valence-electron chi connectivity index (χ1n) is 6.06. The first-order valence-corrected chi connectivity index (χ1v) is 7.10. The summed E-state index contributed by atoms with van der Waals surface area (Å²) in [5.41, 5.74) is 0. The van der Waals surface area contributed by atoms with Gasteiger partial charge in [0.15, 0.2) is 0 Å². The predicted molar refractivity (Wildman–Crippen MR) is 73.8 cm³/mol. The van der Waals surface area contributed by atoms with Gasteiger partial charge in [-0.1, -0.05) is 39.5 Å². The van der Waals surface area contributed by atoms with Gasteiger partial charge in [-0.3, -0.25) is 0 Å². The van der Waals surface area contributed by atoms with Crippen LogP contribution in [0.25, 0.3) is 0 Å². The minimum atomic E-state index is 0.603. The normalized spacial score (nSPS) is 15.4. The highest BCUT2D eigenvalue weighted by atomic mass is 32.1. The van der Waals surface area contributed by atoms with Crippen LogP contribution in [0.2, 0.25) is 0 Å². The molecule has 0 heterocycles. The summed E-state index contributed by atoms with van der Waals surface area (Å²) >= 11 is 9.19.